The molecule has 4 nitrogen and oxygen atoms in total. The number of hydrogen-bond acceptors (Lipinski definition) is 2. The quantitative estimate of drug-likeness (QED) is 0.730. The van der Waals surface area contributed by atoms with Gasteiger partial charge >= 0.3 is 0 Å². The number of carbonyl (C=O) groups excluding carboxylic acids is 1. The molecule has 2 aromatic rings. The van der Waals surface area contributed by atoms with Crippen LogP contribution < -0.4 is 10.3 Å². The molecule has 0 saturated heterocycles. The van der Waals surface area contributed by atoms with Gasteiger partial charge in [0, 0.05) is 18.0 Å². The zero-order chi connectivity index (χ0) is 11.7. The average Bonchev–Trinajstić information content (AvgIpc) is 2.86. The highest BCUT2D eigenvalue weighted by Crippen LogP contribution is 2.30. The Labute approximate surface area is 97.9 Å². The number of H-pyrrole nitrogens is 1. The largest absolute Gasteiger partial charge is 0.379 e. The first-order chi connectivity index (χ1) is 8.34. The van der Waals surface area contributed by atoms with Gasteiger partial charge in [-0.2, -0.15) is 5.48 Å². The zero-order valence-electron chi connectivity index (χ0n) is 8.94. The van der Waals surface area contributed by atoms with E-state index >= 15 is 0 Å². The van der Waals surface area contributed by atoms with Crippen LogP contribution in [-0.2, 0) is 4.79 Å². The zero-order valence-corrected chi connectivity index (χ0v) is 8.94. The van der Waals surface area contributed by atoms with Gasteiger partial charge in [-0.3, -0.25) is 4.79 Å². The molecule has 0 saturated carbocycles. The van der Waals surface area contributed by atoms with Gasteiger partial charge in [-0.05, 0) is 23.8 Å². The molecule has 1 aromatic heterocycles. The van der Waals surface area contributed by atoms with E-state index in [1.807, 2.05) is 48.8 Å². The number of hydrogen-bond donors (Lipinski definition) is 2. The number of para-hydroxylation sites is 1. The second-order valence-corrected chi connectivity index (χ2v) is 3.73. The second-order valence-electron chi connectivity index (χ2n) is 3.73. The van der Waals surface area contributed by atoms with Crippen LogP contribution in [-0.4, -0.2) is 10.9 Å². The molecule has 2 heterocycles. The number of aromatic nitrogens is 1. The van der Waals surface area contributed by atoms with Crippen LogP contribution in [0.1, 0.15) is 11.1 Å². The third-order valence-electron chi connectivity index (χ3n) is 2.61. The Morgan fingerprint density at radius 2 is 2.06 bits per heavy atom. The van der Waals surface area contributed by atoms with Crippen molar-refractivity contribution in [2.75, 3.05) is 0 Å². The monoisotopic (exact) mass is 226 g/mol. The van der Waals surface area contributed by atoms with Gasteiger partial charge in [0.1, 0.15) is 0 Å². The highest BCUT2D eigenvalue weighted by molar-refractivity contribution is 6.25. The van der Waals surface area contributed by atoms with Crippen LogP contribution in [0.3, 0.4) is 0 Å². The number of benzene rings is 1. The lowest BCUT2D eigenvalue weighted by molar-refractivity contribution is -0.122. The van der Waals surface area contributed by atoms with Crippen LogP contribution in [0.5, 0.6) is 5.75 Å². The van der Waals surface area contributed by atoms with Crippen molar-refractivity contribution in [2.45, 2.75) is 0 Å². The number of hydroxylamine groups is 1. The number of carbonyl (C=O) groups is 1. The Morgan fingerprint density at radius 3 is 2.88 bits per heavy atom. The van der Waals surface area contributed by atoms with E-state index in [1.54, 1.807) is 0 Å². The molecule has 3 rings (SSSR count). The lowest BCUT2D eigenvalue weighted by Gasteiger charge is -2.18. The van der Waals surface area contributed by atoms with Crippen molar-refractivity contribution in [1.29, 1.82) is 0 Å². The van der Waals surface area contributed by atoms with Crippen molar-refractivity contribution in [3.05, 3.63) is 53.9 Å². The summed E-state index contributed by atoms with van der Waals surface area (Å²) in [5.41, 5.74) is 4.74. The molecule has 0 atom stereocenters. The Hall–Kier alpha value is -2.49. The highest BCUT2D eigenvalue weighted by Gasteiger charge is 2.22. The summed E-state index contributed by atoms with van der Waals surface area (Å²) in [6, 6.07) is 9.33. The van der Waals surface area contributed by atoms with Gasteiger partial charge in [0.25, 0.3) is 5.91 Å². The molecule has 1 aromatic carbocycles. The lowest BCUT2D eigenvalue weighted by Crippen LogP contribution is -2.32. The number of amides is 1. The van der Waals surface area contributed by atoms with Gasteiger partial charge < -0.3 is 9.82 Å². The molecule has 4 heteroatoms. The van der Waals surface area contributed by atoms with Crippen LogP contribution in [0.2, 0.25) is 0 Å². The van der Waals surface area contributed by atoms with E-state index in [0.717, 1.165) is 11.1 Å². The van der Waals surface area contributed by atoms with Gasteiger partial charge in [0.05, 0.1) is 5.57 Å². The molecule has 0 fully saturated rings. The molecular weight excluding hydrogens is 216 g/mol. The third kappa shape index (κ3) is 1.69. The molecule has 1 aliphatic rings. The van der Waals surface area contributed by atoms with Crippen molar-refractivity contribution in [2.24, 2.45) is 0 Å². The first kappa shape index (κ1) is 9.72. The smallest absolute Gasteiger partial charge is 0.284 e. The SMILES string of the molecule is O=C1NOc2ccccc2C1=Cc1cc[nH]c1. The maximum absolute atomic E-state index is 11.8. The van der Waals surface area contributed by atoms with Crippen LogP contribution in [0, 0.1) is 0 Å². The van der Waals surface area contributed by atoms with E-state index < -0.39 is 0 Å². The maximum atomic E-state index is 11.8. The first-order valence-electron chi connectivity index (χ1n) is 5.26. The minimum absolute atomic E-state index is 0.232. The van der Waals surface area contributed by atoms with Crippen LogP contribution in [0.4, 0.5) is 0 Å². The topological polar surface area (TPSA) is 54.1 Å². The summed E-state index contributed by atoms with van der Waals surface area (Å²) >= 11 is 0. The van der Waals surface area contributed by atoms with Crippen molar-refractivity contribution >= 4 is 17.6 Å². The molecular formula is C13H10N2O2. The average molecular weight is 226 g/mol. The predicted octanol–water partition coefficient (Wildman–Crippen LogP) is 1.98. The molecule has 0 aliphatic carbocycles. The summed E-state index contributed by atoms with van der Waals surface area (Å²) in [6.07, 6.45) is 5.47. The van der Waals surface area contributed by atoms with Crippen LogP contribution >= 0.6 is 0 Å². The second kappa shape index (κ2) is 3.83. The molecule has 0 bridgehead atoms. The predicted molar refractivity (Wildman–Crippen MR) is 63.9 cm³/mol. The molecule has 0 spiro atoms. The Balaban J connectivity index is 2.13. The fraction of sp³-hybridized carbons (Fsp3) is 0. The van der Waals surface area contributed by atoms with Crippen molar-refractivity contribution in [3.8, 4) is 5.75 Å². The van der Waals surface area contributed by atoms with Crippen molar-refractivity contribution in [3.63, 3.8) is 0 Å². The molecule has 84 valence electrons. The van der Waals surface area contributed by atoms with Crippen molar-refractivity contribution in [1.82, 2.24) is 10.5 Å². The summed E-state index contributed by atoms with van der Waals surface area (Å²) in [7, 11) is 0. The number of nitrogens with one attached hydrogen (secondary N) is 2. The van der Waals surface area contributed by atoms with Gasteiger partial charge in [-0.1, -0.05) is 18.2 Å². The minimum Gasteiger partial charge on any atom is -0.379 e. The van der Waals surface area contributed by atoms with Gasteiger partial charge in [0.15, 0.2) is 5.75 Å². The third-order valence-corrected chi connectivity index (χ3v) is 2.61. The van der Waals surface area contributed by atoms with Crippen LogP contribution in [0.25, 0.3) is 11.6 Å². The fourth-order valence-corrected chi connectivity index (χ4v) is 1.79. The first-order valence-corrected chi connectivity index (χ1v) is 5.26. The molecule has 0 radical (unpaired) electrons. The highest BCUT2D eigenvalue weighted by atomic mass is 16.7. The molecule has 1 amide bonds. The van der Waals surface area contributed by atoms with E-state index in [2.05, 4.69) is 10.5 Å². The summed E-state index contributed by atoms with van der Waals surface area (Å²) < 4.78 is 0. The minimum atomic E-state index is -0.232. The Bertz CT molecular complexity index is 585. The van der Waals surface area contributed by atoms with Crippen molar-refractivity contribution < 1.29 is 9.63 Å². The van der Waals surface area contributed by atoms with E-state index in [9.17, 15) is 4.79 Å². The lowest BCUT2D eigenvalue weighted by atomic mass is 10.0. The summed E-state index contributed by atoms with van der Waals surface area (Å²) in [5.74, 6) is 0.429. The van der Waals surface area contributed by atoms with Gasteiger partial charge in [0.2, 0.25) is 0 Å². The number of fused-ring (bicyclic) bond motifs is 1. The van der Waals surface area contributed by atoms with Gasteiger partial charge in [-0.15, -0.1) is 0 Å². The summed E-state index contributed by atoms with van der Waals surface area (Å²) in [6.45, 7) is 0. The molecule has 0 unspecified atom stereocenters. The van der Waals surface area contributed by atoms with E-state index in [1.165, 1.54) is 0 Å². The van der Waals surface area contributed by atoms with E-state index in [-0.39, 0.29) is 5.91 Å². The van der Waals surface area contributed by atoms with Crippen LogP contribution in [0.15, 0.2) is 42.7 Å². The maximum Gasteiger partial charge on any atom is 0.284 e. The molecule has 17 heavy (non-hydrogen) atoms. The fourth-order valence-electron chi connectivity index (χ4n) is 1.79. The normalized spacial score (nSPS) is 16.2. The van der Waals surface area contributed by atoms with E-state index in [0.29, 0.717) is 11.3 Å². The van der Waals surface area contributed by atoms with Gasteiger partial charge in [-0.25, -0.2) is 0 Å². The molecule has 2 N–H and O–H groups in total. The summed E-state index contributed by atoms with van der Waals surface area (Å²) in [5, 5.41) is 0. The number of aromatic amines is 1. The summed E-state index contributed by atoms with van der Waals surface area (Å²) in [4.78, 5) is 19.9. The Kier molecular flexibility index (Phi) is 2.19. The molecule has 1 aliphatic heterocycles. The number of rotatable bonds is 1. The Morgan fingerprint density at radius 1 is 1.18 bits per heavy atom. The standard InChI is InChI=1S/C13H10N2O2/c16-13-11(7-9-5-6-14-8-9)10-3-1-2-4-12(10)17-15-13/h1-8,14H,(H,15,16). The van der Waals surface area contributed by atoms with E-state index in [4.69, 9.17) is 4.84 Å².